The summed E-state index contributed by atoms with van der Waals surface area (Å²) in [6.07, 6.45) is 2.64. The molecule has 0 bridgehead atoms. The SMILES string of the molecule is CCOc1ccc(NC(=O)c2ccc(N3CCc4ccccc43)nc2)cc1. The molecule has 3 aromatic rings. The van der Waals surface area contributed by atoms with Gasteiger partial charge in [0.05, 0.1) is 12.2 Å². The van der Waals surface area contributed by atoms with Crippen molar-refractivity contribution in [3.8, 4) is 5.75 Å². The molecule has 1 amide bonds. The van der Waals surface area contributed by atoms with E-state index in [-0.39, 0.29) is 5.91 Å². The Morgan fingerprint density at radius 2 is 1.93 bits per heavy atom. The smallest absolute Gasteiger partial charge is 0.257 e. The standard InChI is InChI=1S/C22H21N3O2/c1-2-27-19-10-8-18(9-11-19)24-22(26)17-7-12-21(23-15-17)25-14-13-16-5-3-4-6-20(16)25/h3-12,15H,2,13-14H2,1H3,(H,24,26). The molecule has 1 aliphatic heterocycles. The predicted molar refractivity (Wildman–Crippen MR) is 107 cm³/mol. The van der Waals surface area contributed by atoms with E-state index >= 15 is 0 Å². The zero-order valence-corrected chi connectivity index (χ0v) is 15.2. The zero-order chi connectivity index (χ0) is 18.6. The number of amides is 1. The molecule has 5 heteroatoms. The second kappa shape index (κ2) is 7.50. The van der Waals surface area contributed by atoms with Gasteiger partial charge in [0, 0.05) is 24.1 Å². The highest BCUT2D eigenvalue weighted by molar-refractivity contribution is 6.04. The van der Waals surface area contributed by atoms with Crippen molar-refractivity contribution in [2.75, 3.05) is 23.4 Å². The Bertz CT molecular complexity index is 937. The number of aromatic nitrogens is 1. The van der Waals surface area contributed by atoms with Gasteiger partial charge >= 0.3 is 0 Å². The number of hydrogen-bond acceptors (Lipinski definition) is 4. The van der Waals surface area contributed by atoms with Gasteiger partial charge in [-0.05, 0) is 61.4 Å². The maximum Gasteiger partial charge on any atom is 0.257 e. The number of nitrogens with zero attached hydrogens (tertiary/aromatic N) is 2. The quantitative estimate of drug-likeness (QED) is 0.732. The lowest BCUT2D eigenvalue weighted by Crippen LogP contribution is -2.16. The summed E-state index contributed by atoms with van der Waals surface area (Å²) in [6.45, 7) is 3.46. The Kier molecular flexibility index (Phi) is 4.75. The van der Waals surface area contributed by atoms with Crippen molar-refractivity contribution >= 4 is 23.1 Å². The summed E-state index contributed by atoms with van der Waals surface area (Å²) in [5, 5.41) is 2.88. The van der Waals surface area contributed by atoms with Crippen molar-refractivity contribution in [2.24, 2.45) is 0 Å². The van der Waals surface area contributed by atoms with E-state index in [9.17, 15) is 4.79 Å². The van der Waals surface area contributed by atoms with Gasteiger partial charge in [0.2, 0.25) is 0 Å². The molecule has 1 N–H and O–H groups in total. The normalized spacial score (nSPS) is 12.6. The first kappa shape index (κ1) is 17.1. The molecule has 0 saturated carbocycles. The van der Waals surface area contributed by atoms with Crippen LogP contribution in [0.15, 0.2) is 66.9 Å². The summed E-state index contributed by atoms with van der Waals surface area (Å²) in [5.74, 6) is 1.46. The number of carbonyl (C=O) groups is 1. The highest BCUT2D eigenvalue weighted by Crippen LogP contribution is 2.33. The summed E-state index contributed by atoms with van der Waals surface area (Å²) in [7, 11) is 0. The highest BCUT2D eigenvalue weighted by Gasteiger charge is 2.20. The lowest BCUT2D eigenvalue weighted by Gasteiger charge is -2.18. The monoisotopic (exact) mass is 359 g/mol. The number of pyridine rings is 1. The minimum Gasteiger partial charge on any atom is -0.494 e. The Hall–Kier alpha value is -3.34. The van der Waals surface area contributed by atoms with Crippen LogP contribution >= 0.6 is 0 Å². The molecule has 1 aromatic heterocycles. The average Bonchev–Trinajstić information content (AvgIpc) is 3.14. The van der Waals surface area contributed by atoms with Crippen molar-refractivity contribution in [3.63, 3.8) is 0 Å². The summed E-state index contributed by atoms with van der Waals surface area (Å²) in [4.78, 5) is 19.1. The minimum atomic E-state index is -0.181. The predicted octanol–water partition coefficient (Wildman–Crippen LogP) is 4.43. The molecular weight excluding hydrogens is 338 g/mol. The summed E-state index contributed by atoms with van der Waals surface area (Å²) in [6, 6.07) is 19.4. The number of fused-ring (bicyclic) bond motifs is 1. The van der Waals surface area contributed by atoms with Crippen LogP contribution in [0.3, 0.4) is 0 Å². The molecule has 0 fully saturated rings. The van der Waals surface area contributed by atoms with Crippen LogP contribution in [-0.2, 0) is 6.42 Å². The second-order valence-electron chi connectivity index (χ2n) is 6.35. The van der Waals surface area contributed by atoms with E-state index in [2.05, 4.69) is 33.4 Å². The number of ether oxygens (including phenoxy) is 1. The van der Waals surface area contributed by atoms with E-state index in [4.69, 9.17) is 4.74 Å². The highest BCUT2D eigenvalue weighted by atomic mass is 16.5. The molecule has 1 aliphatic rings. The number of anilines is 3. The molecule has 136 valence electrons. The number of para-hydroxylation sites is 1. The van der Waals surface area contributed by atoms with Crippen molar-refractivity contribution < 1.29 is 9.53 Å². The third-order valence-electron chi connectivity index (χ3n) is 4.60. The van der Waals surface area contributed by atoms with Gasteiger partial charge in [-0.1, -0.05) is 18.2 Å². The van der Waals surface area contributed by atoms with Crippen LogP contribution in [0, 0.1) is 0 Å². The third kappa shape index (κ3) is 3.62. The summed E-state index contributed by atoms with van der Waals surface area (Å²) < 4.78 is 5.41. The van der Waals surface area contributed by atoms with Crippen LogP contribution in [0.5, 0.6) is 5.75 Å². The van der Waals surface area contributed by atoms with Crippen molar-refractivity contribution in [3.05, 3.63) is 78.0 Å². The summed E-state index contributed by atoms with van der Waals surface area (Å²) >= 11 is 0. The average molecular weight is 359 g/mol. The van der Waals surface area contributed by atoms with Crippen LogP contribution < -0.4 is 15.0 Å². The lowest BCUT2D eigenvalue weighted by atomic mass is 10.2. The lowest BCUT2D eigenvalue weighted by molar-refractivity contribution is 0.102. The molecule has 0 radical (unpaired) electrons. The fourth-order valence-electron chi connectivity index (χ4n) is 3.26. The Morgan fingerprint density at radius 1 is 1.11 bits per heavy atom. The van der Waals surface area contributed by atoms with Gasteiger partial charge in [-0.25, -0.2) is 4.98 Å². The van der Waals surface area contributed by atoms with E-state index in [0.29, 0.717) is 12.2 Å². The summed E-state index contributed by atoms with van der Waals surface area (Å²) in [5.41, 5.74) is 3.77. The van der Waals surface area contributed by atoms with Gasteiger partial charge in [-0.2, -0.15) is 0 Å². The maximum atomic E-state index is 12.5. The number of hydrogen-bond donors (Lipinski definition) is 1. The molecule has 0 atom stereocenters. The third-order valence-corrected chi connectivity index (χ3v) is 4.60. The van der Waals surface area contributed by atoms with Crippen molar-refractivity contribution in [2.45, 2.75) is 13.3 Å². The van der Waals surface area contributed by atoms with Crippen LogP contribution in [0.25, 0.3) is 0 Å². The molecule has 2 heterocycles. The first-order valence-corrected chi connectivity index (χ1v) is 9.10. The molecule has 2 aromatic carbocycles. The fraction of sp³-hybridized carbons (Fsp3) is 0.182. The molecule has 4 rings (SSSR count). The van der Waals surface area contributed by atoms with Gasteiger partial charge in [-0.3, -0.25) is 4.79 Å². The van der Waals surface area contributed by atoms with Crippen LogP contribution in [0.2, 0.25) is 0 Å². The first-order chi connectivity index (χ1) is 13.2. The number of nitrogens with one attached hydrogen (secondary N) is 1. The molecule has 0 aliphatic carbocycles. The number of carbonyl (C=O) groups excluding carboxylic acids is 1. The van der Waals surface area contributed by atoms with Gasteiger partial charge in [0.25, 0.3) is 5.91 Å². The van der Waals surface area contributed by atoms with E-state index in [0.717, 1.165) is 30.2 Å². The van der Waals surface area contributed by atoms with E-state index in [1.54, 1.807) is 6.20 Å². The maximum absolute atomic E-state index is 12.5. The fourth-order valence-corrected chi connectivity index (χ4v) is 3.26. The van der Waals surface area contributed by atoms with E-state index in [1.165, 1.54) is 11.3 Å². The number of benzene rings is 2. The number of rotatable bonds is 5. The van der Waals surface area contributed by atoms with Crippen molar-refractivity contribution in [1.29, 1.82) is 0 Å². The molecule has 0 spiro atoms. The van der Waals surface area contributed by atoms with Crippen LogP contribution in [-0.4, -0.2) is 24.0 Å². The topological polar surface area (TPSA) is 54.5 Å². The molecule has 0 unspecified atom stereocenters. The van der Waals surface area contributed by atoms with Gasteiger partial charge < -0.3 is 15.0 Å². The van der Waals surface area contributed by atoms with Crippen LogP contribution in [0.1, 0.15) is 22.8 Å². The van der Waals surface area contributed by atoms with Crippen molar-refractivity contribution in [1.82, 2.24) is 4.98 Å². The van der Waals surface area contributed by atoms with E-state index in [1.807, 2.05) is 49.4 Å². The van der Waals surface area contributed by atoms with E-state index < -0.39 is 0 Å². The van der Waals surface area contributed by atoms with Gasteiger partial charge in [-0.15, -0.1) is 0 Å². The zero-order valence-electron chi connectivity index (χ0n) is 15.2. The molecular formula is C22H21N3O2. The molecule has 27 heavy (non-hydrogen) atoms. The second-order valence-corrected chi connectivity index (χ2v) is 6.35. The Balaban J connectivity index is 1.45. The Labute approximate surface area is 158 Å². The minimum absolute atomic E-state index is 0.181. The largest absolute Gasteiger partial charge is 0.494 e. The first-order valence-electron chi connectivity index (χ1n) is 9.10. The van der Waals surface area contributed by atoms with Gasteiger partial charge in [0.1, 0.15) is 11.6 Å². The van der Waals surface area contributed by atoms with Crippen LogP contribution in [0.4, 0.5) is 17.2 Å². The van der Waals surface area contributed by atoms with Gasteiger partial charge in [0.15, 0.2) is 0 Å². The Morgan fingerprint density at radius 3 is 2.67 bits per heavy atom. The molecule has 5 nitrogen and oxygen atoms in total. The molecule has 0 saturated heterocycles.